The quantitative estimate of drug-likeness (QED) is 0.263. The van der Waals surface area contributed by atoms with Crippen LogP contribution in [0.25, 0.3) is 22.2 Å². The number of likely N-dealkylation sites (N-methyl/N-ethyl adjacent to an activating group) is 1. The molecule has 1 fully saturated rings. The summed E-state index contributed by atoms with van der Waals surface area (Å²) < 4.78 is 52.5. The molecule has 1 aliphatic heterocycles. The second-order valence-electron chi connectivity index (χ2n) is 7.65. The molecule has 1 aromatic carbocycles. The third-order valence-electron chi connectivity index (χ3n) is 5.29. The van der Waals surface area contributed by atoms with Gasteiger partial charge in [-0.05, 0) is 17.7 Å². The van der Waals surface area contributed by atoms with Crippen LogP contribution in [0, 0.1) is 5.21 Å². The normalized spacial score (nSPS) is 17.7. The number of hydrogen-bond donors (Lipinski definition) is 0. The number of quaternary nitrogens is 1. The van der Waals surface area contributed by atoms with Crippen molar-refractivity contribution in [1.82, 2.24) is 15.0 Å². The Hall–Kier alpha value is -2.47. The number of halogens is 3. The van der Waals surface area contributed by atoms with E-state index in [1.807, 2.05) is 4.90 Å². The van der Waals surface area contributed by atoms with Gasteiger partial charge in [-0.1, -0.05) is 18.2 Å². The molecule has 2 aromatic heterocycles. The molecule has 1 saturated heterocycles. The van der Waals surface area contributed by atoms with Crippen molar-refractivity contribution in [2.24, 2.45) is 0 Å². The van der Waals surface area contributed by atoms with Gasteiger partial charge in [-0.3, -0.25) is 0 Å². The van der Waals surface area contributed by atoms with Crippen LogP contribution in [0.5, 0.6) is 0 Å². The highest BCUT2D eigenvalue weighted by Crippen LogP contribution is 2.41. The monoisotopic (exact) mass is 451 g/mol. The van der Waals surface area contributed by atoms with E-state index in [9.17, 15) is 22.9 Å². The van der Waals surface area contributed by atoms with Crippen LogP contribution in [0.2, 0.25) is 0 Å². The molecule has 4 rings (SSSR count). The van der Waals surface area contributed by atoms with E-state index in [0.29, 0.717) is 24.3 Å². The first-order valence-electron chi connectivity index (χ1n) is 9.53. The van der Waals surface area contributed by atoms with Gasteiger partial charge in [-0.2, -0.15) is 23.1 Å². The molecule has 0 bridgehead atoms. The first kappa shape index (κ1) is 21.8. The van der Waals surface area contributed by atoms with Gasteiger partial charge in [0.05, 0.1) is 38.8 Å². The van der Waals surface area contributed by atoms with E-state index in [0.717, 1.165) is 6.07 Å². The molecule has 31 heavy (non-hydrogen) atoms. The fourth-order valence-corrected chi connectivity index (χ4v) is 4.00. The fraction of sp³-hybridized carbons (Fsp3) is 0.350. The predicted octanol–water partition coefficient (Wildman–Crippen LogP) is 3.21. The number of aromatic nitrogens is 3. The first-order valence-corrected chi connectivity index (χ1v) is 11.1. The summed E-state index contributed by atoms with van der Waals surface area (Å²) in [6, 6.07) is 6.90. The van der Waals surface area contributed by atoms with E-state index in [4.69, 9.17) is 0 Å². The van der Waals surface area contributed by atoms with Crippen molar-refractivity contribution in [3.63, 3.8) is 0 Å². The number of fused-ring (bicyclic) bond motifs is 1. The van der Waals surface area contributed by atoms with Gasteiger partial charge >= 0.3 is 11.3 Å². The van der Waals surface area contributed by atoms with Gasteiger partial charge in [-0.25, -0.2) is 4.98 Å². The number of alkyl halides is 3. The highest BCUT2D eigenvalue weighted by atomic mass is 32.2. The highest BCUT2D eigenvalue weighted by molar-refractivity contribution is 7.90. The van der Waals surface area contributed by atoms with Crippen LogP contribution in [-0.2, 0) is 17.4 Å². The second kappa shape index (κ2) is 7.90. The van der Waals surface area contributed by atoms with Crippen LogP contribution >= 0.6 is 0 Å². The van der Waals surface area contributed by atoms with Crippen LogP contribution < -0.4 is 4.90 Å². The molecule has 3 heterocycles. The average molecular weight is 451 g/mol. The van der Waals surface area contributed by atoms with Crippen LogP contribution in [0.4, 0.5) is 19.0 Å². The van der Waals surface area contributed by atoms with Crippen molar-refractivity contribution in [2.75, 3.05) is 44.4 Å². The van der Waals surface area contributed by atoms with Crippen LogP contribution in [0.1, 0.15) is 5.56 Å². The Bertz CT molecular complexity index is 1110. The zero-order valence-corrected chi connectivity index (χ0v) is 17.7. The smallest absolute Gasteiger partial charge is 0.417 e. The third kappa shape index (κ3) is 4.45. The van der Waals surface area contributed by atoms with Crippen molar-refractivity contribution < 1.29 is 22.4 Å². The zero-order valence-electron chi connectivity index (χ0n) is 16.9. The van der Waals surface area contributed by atoms with Crippen molar-refractivity contribution in [2.45, 2.75) is 11.3 Å². The summed E-state index contributed by atoms with van der Waals surface area (Å²) in [5.41, 5.74) is -0.247. The Labute approximate surface area is 179 Å². The van der Waals surface area contributed by atoms with E-state index in [1.165, 1.54) is 24.6 Å². The van der Waals surface area contributed by atoms with Gasteiger partial charge in [0, 0.05) is 28.3 Å². The summed E-state index contributed by atoms with van der Waals surface area (Å²) in [4.78, 5) is 14.6. The van der Waals surface area contributed by atoms with Crippen molar-refractivity contribution in [3.8, 4) is 11.1 Å². The zero-order chi connectivity index (χ0) is 22.4. The second-order valence-corrected chi connectivity index (χ2v) is 8.93. The van der Waals surface area contributed by atoms with Crippen molar-refractivity contribution in [3.05, 3.63) is 47.3 Å². The third-order valence-corrected chi connectivity index (χ3v) is 6.00. The van der Waals surface area contributed by atoms with Crippen LogP contribution in [-0.4, -0.2) is 63.6 Å². The molecule has 0 amide bonds. The number of piperazine rings is 1. The number of benzene rings is 1. The maximum absolute atomic E-state index is 13.7. The summed E-state index contributed by atoms with van der Waals surface area (Å²) in [5, 5.41) is 12.8. The van der Waals surface area contributed by atoms with Gasteiger partial charge < -0.3 is 19.3 Å². The maximum atomic E-state index is 13.7. The van der Waals surface area contributed by atoms with E-state index in [-0.39, 0.29) is 35.0 Å². The van der Waals surface area contributed by atoms with Crippen LogP contribution in [0.15, 0.2) is 41.7 Å². The van der Waals surface area contributed by atoms with Crippen LogP contribution in [0.3, 0.4) is 0 Å². The topological polar surface area (TPSA) is 88.0 Å². The Morgan fingerprint density at radius 2 is 1.77 bits per heavy atom. The highest BCUT2D eigenvalue weighted by Gasteiger charge is 2.35. The number of pyridine rings is 1. The van der Waals surface area contributed by atoms with E-state index in [2.05, 4.69) is 15.0 Å². The molecule has 0 N–H and O–H groups in total. The number of hydroxylamine groups is 3. The fourth-order valence-electron chi connectivity index (χ4n) is 3.58. The lowest BCUT2D eigenvalue weighted by atomic mass is 9.98. The van der Waals surface area contributed by atoms with E-state index >= 15 is 0 Å². The standard InChI is InChI=1S/C20H20F3N5O2S/c1-28(29)9-7-27(8-10-28)18-15(14-5-3-4-6-16(14)20(21,22)23)11-13-12-24-19(31(2)30)26-17(13)25-18/h3-6,11-12H,7-10H2,1-2H3. The molecule has 0 saturated carbocycles. The molecule has 7 nitrogen and oxygen atoms in total. The molecule has 0 spiro atoms. The minimum absolute atomic E-state index is 0.00695. The average Bonchev–Trinajstić information content (AvgIpc) is 2.72. The minimum atomic E-state index is -4.55. The maximum Gasteiger partial charge on any atom is 0.417 e. The number of hydrogen-bond acceptors (Lipinski definition) is 6. The summed E-state index contributed by atoms with van der Waals surface area (Å²) in [6.45, 7) is 1.26. The Morgan fingerprint density at radius 1 is 1.10 bits per heavy atom. The summed E-state index contributed by atoms with van der Waals surface area (Å²) in [5.74, 6) is 0.315. The first-order chi connectivity index (χ1) is 14.5. The van der Waals surface area contributed by atoms with E-state index < -0.39 is 27.6 Å². The lowest BCUT2D eigenvalue weighted by molar-refractivity contribution is -0.861. The summed E-state index contributed by atoms with van der Waals surface area (Å²) in [7, 11) is 1.57. The molecular weight excluding hydrogens is 431 g/mol. The van der Waals surface area contributed by atoms with E-state index in [1.54, 1.807) is 19.2 Å². The predicted molar refractivity (Wildman–Crippen MR) is 112 cm³/mol. The largest absolute Gasteiger partial charge is 0.633 e. The van der Waals surface area contributed by atoms with Gasteiger partial charge in [0.1, 0.15) is 12.1 Å². The Kier molecular flexibility index (Phi) is 5.54. The lowest BCUT2D eigenvalue weighted by Gasteiger charge is -2.45. The molecule has 1 unspecified atom stereocenters. The molecule has 3 aromatic rings. The number of nitrogens with zero attached hydrogens (tertiary/aromatic N) is 5. The molecule has 0 radical (unpaired) electrons. The molecule has 1 aliphatic rings. The van der Waals surface area contributed by atoms with Gasteiger partial charge in [0.25, 0.3) is 0 Å². The molecule has 0 aliphatic carbocycles. The number of anilines is 1. The molecule has 164 valence electrons. The Balaban J connectivity index is 1.93. The minimum Gasteiger partial charge on any atom is -0.633 e. The summed E-state index contributed by atoms with van der Waals surface area (Å²) in [6.07, 6.45) is -1.69. The molecule has 1 atom stereocenters. The van der Waals surface area contributed by atoms with Gasteiger partial charge in [0.2, 0.25) is 0 Å². The SMILES string of the molecule is C[S+]([O-])c1ncc2cc(-c3ccccc3C(F)(F)F)c(N3CC[N+](C)([O-])CC3)nc2n1. The summed E-state index contributed by atoms with van der Waals surface area (Å²) >= 11 is -1.43. The molecule has 11 heteroatoms. The number of rotatable bonds is 3. The van der Waals surface area contributed by atoms with Gasteiger partial charge in [0.15, 0.2) is 5.65 Å². The molecular formula is C20H20F3N5O2S. The Morgan fingerprint density at radius 3 is 2.42 bits per heavy atom. The van der Waals surface area contributed by atoms with Crippen molar-refractivity contribution in [1.29, 1.82) is 0 Å². The van der Waals surface area contributed by atoms with Crippen molar-refractivity contribution >= 4 is 28.0 Å². The van der Waals surface area contributed by atoms with Gasteiger partial charge in [-0.15, -0.1) is 0 Å². The lowest BCUT2D eigenvalue weighted by Crippen LogP contribution is -2.54.